The van der Waals surface area contributed by atoms with Gasteiger partial charge in [0.05, 0.1) is 5.56 Å². The van der Waals surface area contributed by atoms with E-state index in [9.17, 15) is 4.79 Å². The van der Waals surface area contributed by atoms with Gasteiger partial charge in [-0.2, -0.15) is 0 Å². The fourth-order valence-corrected chi connectivity index (χ4v) is 1.42. The van der Waals surface area contributed by atoms with E-state index in [1.54, 1.807) is 24.4 Å². The van der Waals surface area contributed by atoms with Gasteiger partial charge in [0.1, 0.15) is 0 Å². The zero-order valence-electron chi connectivity index (χ0n) is 9.47. The molecule has 0 atom stereocenters. The first-order valence-corrected chi connectivity index (χ1v) is 5.24. The van der Waals surface area contributed by atoms with E-state index in [-0.39, 0.29) is 5.91 Å². The number of nitrogens with one attached hydrogen (secondary N) is 1. The van der Waals surface area contributed by atoms with Gasteiger partial charge in [0.2, 0.25) is 0 Å². The van der Waals surface area contributed by atoms with Crippen LogP contribution in [0.2, 0.25) is 0 Å². The van der Waals surface area contributed by atoms with Crippen LogP contribution in [-0.2, 0) is 0 Å². The van der Waals surface area contributed by atoms with Gasteiger partial charge in [-0.15, -0.1) is 0 Å². The summed E-state index contributed by atoms with van der Waals surface area (Å²) in [7, 11) is 0. The van der Waals surface area contributed by atoms with Crippen LogP contribution in [0, 0.1) is 6.92 Å². The van der Waals surface area contributed by atoms with Gasteiger partial charge < -0.3 is 11.1 Å². The van der Waals surface area contributed by atoms with Gasteiger partial charge in [-0.25, -0.2) is 0 Å². The summed E-state index contributed by atoms with van der Waals surface area (Å²) in [6.07, 6.45) is 3.15. The molecule has 2 aromatic rings. The Morgan fingerprint density at radius 3 is 2.82 bits per heavy atom. The van der Waals surface area contributed by atoms with Crippen molar-refractivity contribution >= 4 is 17.3 Å². The molecule has 0 aliphatic rings. The number of amides is 1. The van der Waals surface area contributed by atoms with Gasteiger partial charge in [-0.05, 0) is 36.8 Å². The second-order valence-corrected chi connectivity index (χ2v) is 3.77. The summed E-state index contributed by atoms with van der Waals surface area (Å²) in [5, 5.41) is 2.77. The number of benzene rings is 1. The standard InChI is InChI=1S/C13H13N3O/c1-9-4-5-11(7-12(9)14)16-13(17)10-3-2-6-15-8-10/h2-8H,14H2,1H3,(H,16,17). The van der Waals surface area contributed by atoms with Gasteiger partial charge in [0, 0.05) is 23.8 Å². The molecule has 1 aromatic carbocycles. The van der Waals surface area contributed by atoms with Crippen LogP contribution in [0.25, 0.3) is 0 Å². The molecule has 0 fully saturated rings. The zero-order valence-corrected chi connectivity index (χ0v) is 9.47. The van der Waals surface area contributed by atoms with Gasteiger partial charge >= 0.3 is 0 Å². The number of nitrogen functional groups attached to an aromatic ring is 1. The molecule has 0 aliphatic heterocycles. The van der Waals surface area contributed by atoms with Crippen LogP contribution in [0.5, 0.6) is 0 Å². The summed E-state index contributed by atoms with van der Waals surface area (Å²) in [6, 6.07) is 8.86. The topological polar surface area (TPSA) is 68.0 Å². The molecule has 86 valence electrons. The summed E-state index contributed by atoms with van der Waals surface area (Å²) in [5.74, 6) is -0.193. The van der Waals surface area contributed by atoms with Crippen molar-refractivity contribution in [2.24, 2.45) is 0 Å². The van der Waals surface area contributed by atoms with Crippen LogP contribution in [0.4, 0.5) is 11.4 Å². The van der Waals surface area contributed by atoms with Crippen LogP contribution in [0.15, 0.2) is 42.7 Å². The number of carbonyl (C=O) groups is 1. The molecule has 3 N–H and O–H groups in total. The zero-order chi connectivity index (χ0) is 12.3. The third kappa shape index (κ3) is 2.60. The van der Waals surface area contributed by atoms with Crippen molar-refractivity contribution in [3.05, 3.63) is 53.9 Å². The third-order valence-electron chi connectivity index (χ3n) is 2.46. The van der Waals surface area contributed by atoms with Gasteiger partial charge in [0.15, 0.2) is 0 Å². The average Bonchev–Trinajstić information content (AvgIpc) is 2.35. The van der Waals surface area contributed by atoms with Gasteiger partial charge in [0.25, 0.3) is 5.91 Å². The molecule has 0 saturated heterocycles. The fourth-order valence-electron chi connectivity index (χ4n) is 1.42. The Balaban J connectivity index is 2.16. The summed E-state index contributed by atoms with van der Waals surface area (Å²) >= 11 is 0. The lowest BCUT2D eigenvalue weighted by Gasteiger charge is -2.07. The van der Waals surface area contributed by atoms with E-state index in [1.807, 2.05) is 19.1 Å². The number of hydrogen-bond donors (Lipinski definition) is 2. The third-order valence-corrected chi connectivity index (χ3v) is 2.46. The Morgan fingerprint density at radius 1 is 1.35 bits per heavy atom. The molecule has 0 aliphatic carbocycles. The van der Waals surface area contributed by atoms with Crippen molar-refractivity contribution in [1.29, 1.82) is 0 Å². The lowest BCUT2D eigenvalue weighted by molar-refractivity contribution is 0.102. The van der Waals surface area contributed by atoms with E-state index in [2.05, 4.69) is 10.3 Å². The molecule has 0 radical (unpaired) electrons. The van der Waals surface area contributed by atoms with Crippen molar-refractivity contribution in [2.45, 2.75) is 6.92 Å². The maximum Gasteiger partial charge on any atom is 0.257 e. The molecule has 0 spiro atoms. The number of anilines is 2. The van der Waals surface area contributed by atoms with Crippen LogP contribution >= 0.6 is 0 Å². The SMILES string of the molecule is Cc1ccc(NC(=O)c2cccnc2)cc1N. The second kappa shape index (κ2) is 4.65. The van der Waals surface area contributed by atoms with Crippen LogP contribution < -0.4 is 11.1 Å². The highest BCUT2D eigenvalue weighted by atomic mass is 16.1. The van der Waals surface area contributed by atoms with Crippen molar-refractivity contribution in [2.75, 3.05) is 11.1 Å². The van der Waals surface area contributed by atoms with Gasteiger partial charge in [-0.1, -0.05) is 6.07 Å². The normalized spacial score (nSPS) is 9.94. The highest BCUT2D eigenvalue weighted by Gasteiger charge is 2.06. The van der Waals surface area contributed by atoms with E-state index < -0.39 is 0 Å². The summed E-state index contributed by atoms with van der Waals surface area (Å²) in [4.78, 5) is 15.7. The Morgan fingerprint density at radius 2 is 2.18 bits per heavy atom. The lowest BCUT2D eigenvalue weighted by Crippen LogP contribution is -2.12. The van der Waals surface area contributed by atoms with E-state index in [0.717, 1.165) is 5.56 Å². The molecule has 1 heterocycles. The van der Waals surface area contributed by atoms with Crippen LogP contribution in [-0.4, -0.2) is 10.9 Å². The summed E-state index contributed by atoms with van der Waals surface area (Å²) in [5.41, 5.74) is 8.63. The van der Waals surface area contributed by atoms with Crippen molar-refractivity contribution in [1.82, 2.24) is 4.98 Å². The molecular weight excluding hydrogens is 214 g/mol. The summed E-state index contributed by atoms with van der Waals surface area (Å²) < 4.78 is 0. The molecule has 17 heavy (non-hydrogen) atoms. The van der Waals surface area contributed by atoms with E-state index >= 15 is 0 Å². The molecule has 0 saturated carbocycles. The van der Waals surface area contributed by atoms with Crippen molar-refractivity contribution in [3.63, 3.8) is 0 Å². The van der Waals surface area contributed by atoms with E-state index in [1.165, 1.54) is 6.20 Å². The maximum atomic E-state index is 11.8. The largest absolute Gasteiger partial charge is 0.398 e. The summed E-state index contributed by atoms with van der Waals surface area (Å²) in [6.45, 7) is 1.92. The number of pyridine rings is 1. The van der Waals surface area contributed by atoms with E-state index in [4.69, 9.17) is 5.73 Å². The predicted octanol–water partition coefficient (Wildman–Crippen LogP) is 2.22. The highest BCUT2D eigenvalue weighted by molar-refractivity contribution is 6.04. The number of hydrogen-bond acceptors (Lipinski definition) is 3. The average molecular weight is 227 g/mol. The molecule has 0 unspecified atom stereocenters. The second-order valence-electron chi connectivity index (χ2n) is 3.77. The predicted molar refractivity (Wildman–Crippen MR) is 67.8 cm³/mol. The molecule has 4 nitrogen and oxygen atoms in total. The number of rotatable bonds is 2. The fraction of sp³-hybridized carbons (Fsp3) is 0.0769. The highest BCUT2D eigenvalue weighted by Crippen LogP contribution is 2.17. The minimum atomic E-state index is -0.193. The Labute approximate surface area is 99.5 Å². The molecular formula is C13H13N3O. The number of aryl methyl sites for hydroxylation is 1. The van der Waals surface area contributed by atoms with Gasteiger partial charge in [-0.3, -0.25) is 9.78 Å². The lowest BCUT2D eigenvalue weighted by atomic mass is 10.2. The number of nitrogens with two attached hydrogens (primary N) is 1. The molecule has 4 heteroatoms. The first kappa shape index (κ1) is 11.1. The number of aromatic nitrogens is 1. The first-order chi connectivity index (χ1) is 8.16. The monoisotopic (exact) mass is 227 g/mol. The smallest absolute Gasteiger partial charge is 0.257 e. The molecule has 0 bridgehead atoms. The maximum absolute atomic E-state index is 11.8. The quantitative estimate of drug-likeness (QED) is 0.773. The molecule has 1 aromatic heterocycles. The van der Waals surface area contributed by atoms with Crippen LogP contribution in [0.1, 0.15) is 15.9 Å². The van der Waals surface area contributed by atoms with Crippen molar-refractivity contribution in [3.8, 4) is 0 Å². The van der Waals surface area contributed by atoms with Crippen molar-refractivity contribution < 1.29 is 4.79 Å². The first-order valence-electron chi connectivity index (χ1n) is 5.24. The minimum Gasteiger partial charge on any atom is -0.398 e. The minimum absolute atomic E-state index is 0.193. The Bertz CT molecular complexity index is 538. The van der Waals surface area contributed by atoms with E-state index in [0.29, 0.717) is 16.9 Å². The van der Waals surface area contributed by atoms with Crippen LogP contribution in [0.3, 0.4) is 0 Å². The number of carbonyl (C=O) groups excluding carboxylic acids is 1. The molecule has 1 amide bonds. The Hall–Kier alpha value is -2.36. The molecule has 2 rings (SSSR count). The number of nitrogens with zero attached hydrogens (tertiary/aromatic N) is 1. The Kier molecular flexibility index (Phi) is 3.05.